The Hall–Kier alpha value is -2.42. The first-order valence-corrected chi connectivity index (χ1v) is 6.23. The number of Topliss-reactive ketones (excluding diaryl/α,β-unsaturated/α-hetero) is 1. The first-order valence-electron chi connectivity index (χ1n) is 6.23. The van der Waals surface area contributed by atoms with Crippen molar-refractivity contribution in [2.75, 3.05) is 7.11 Å². The lowest BCUT2D eigenvalue weighted by Gasteiger charge is -2.05. The fourth-order valence-corrected chi connectivity index (χ4v) is 1.87. The predicted molar refractivity (Wildman–Crippen MR) is 78.4 cm³/mol. The Morgan fingerprint density at radius 3 is 2.25 bits per heavy atom. The molecular formula is C17H15FO2. The highest BCUT2D eigenvalue weighted by Gasteiger charge is 2.05. The third kappa shape index (κ3) is 3.12. The number of carbonyl (C=O) groups is 1. The van der Waals surface area contributed by atoms with Gasteiger partial charge in [-0.3, -0.25) is 4.79 Å². The normalized spacial score (nSPS) is 11.2. The van der Waals surface area contributed by atoms with E-state index >= 15 is 0 Å². The summed E-state index contributed by atoms with van der Waals surface area (Å²) in [6.45, 7) is 1.48. The number of hydrogen-bond acceptors (Lipinski definition) is 2. The maximum atomic E-state index is 14.2. The van der Waals surface area contributed by atoms with E-state index in [2.05, 4.69) is 0 Å². The topological polar surface area (TPSA) is 26.3 Å². The first-order chi connectivity index (χ1) is 9.61. The summed E-state index contributed by atoms with van der Waals surface area (Å²) in [6.07, 6.45) is 1.42. The molecule has 20 heavy (non-hydrogen) atoms. The zero-order valence-electron chi connectivity index (χ0n) is 11.4. The van der Waals surface area contributed by atoms with Gasteiger partial charge in [0.05, 0.1) is 7.11 Å². The monoisotopic (exact) mass is 270 g/mol. The van der Waals surface area contributed by atoms with Crippen LogP contribution in [0, 0.1) is 0 Å². The van der Waals surface area contributed by atoms with Gasteiger partial charge in [0, 0.05) is 16.7 Å². The van der Waals surface area contributed by atoms with Gasteiger partial charge in [0.2, 0.25) is 0 Å². The van der Waals surface area contributed by atoms with Gasteiger partial charge >= 0.3 is 0 Å². The quantitative estimate of drug-likeness (QED) is 0.609. The highest BCUT2D eigenvalue weighted by atomic mass is 19.1. The lowest BCUT2D eigenvalue weighted by molar-refractivity contribution is 0.101. The van der Waals surface area contributed by atoms with Crippen molar-refractivity contribution in [3.8, 4) is 5.75 Å². The molecule has 0 atom stereocenters. The second-order valence-electron chi connectivity index (χ2n) is 4.37. The summed E-state index contributed by atoms with van der Waals surface area (Å²) in [5.41, 5.74) is 1.67. The first kappa shape index (κ1) is 14.0. The molecule has 0 saturated carbocycles. The molecule has 0 aromatic heterocycles. The molecule has 2 aromatic rings. The van der Waals surface area contributed by atoms with Crippen molar-refractivity contribution in [2.45, 2.75) is 6.92 Å². The number of para-hydroxylation sites is 1. The van der Waals surface area contributed by atoms with Gasteiger partial charge in [-0.2, -0.15) is 0 Å². The van der Waals surface area contributed by atoms with Gasteiger partial charge in [0.15, 0.2) is 5.78 Å². The van der Waals surface area contributed by atoms with E-state index in [1.54, 1.807) is 43.5 Å². The van der Waals surface area contributed by atoms with Crippen LogP contribution in [-0.2, 0) is 0 Å². The number of hydrogen-bond donors (Lipinski definition) is 0. The lowest BCUT2D eigenvalue weighted by atomic mass is 10.1. The number of methoxy groups -OCH3 is 1. The third-order valence-corrected chi connectivity index (χ3v) is 2.99. The Morgan fingerprint density at radius 1 is 1.05 bits per heavy atom. The molecule has 0 fully saturated rings. The number of ether oxygens (including phenoxy) is 1. The molecule has 0 bridgehead atoms. The minimum atomic E-state index is -0.371. The summed E-state index contributed by atoms with van der Waals surface area (Å²) >= 11 is 0. The number of benzene rings is 2. The van der Waals surface area contributed by atoms with E-state index in [1.165, 1.54) is 13.0 Å². The molecule has 0 amide bonds. The molecule has 2 nitrogen and oxygen atoms in total. The van der Waals surface area contributed by atoms with Gasteiger partial charge in [-0.25, -0.2) is 4.39 Å². The van der Waals surface area contributed by atoms with Crippen LogP contribution in [0.3, 0.4) is 0 Å². The van der Waals surface area contributed by atoms with Crippen LogP contribution in [0.15, 0.2) is 48.5 Å². The van der Waals surface area contributed by atoms with Gasteiger partial charge in [-0.1, -0.05) is 42.5 Å². The van der Waals surface area contributed by atoms with Crippen molar-refractivity contribution in [3.05, 3.63) is 65.2 Å². The van der Waals surface area contributed by atoms with E-state index in [0.29, 0.717) is 22.4 Å². The summed E-state index contributed by atoms with van der Waals surface area (Å²) in [5.74, 6) is 0.207. The van der Waals surface area contributed by atoms with Crippen LogP contribution in [0.5, 0.6) is 5.75 Å². The van der Waals surface area contributed by atoms with Crippen molar-refractivity contribution in [2.24, 2.45) is 0 Å². The largest absolute Gasteiger partial charge is 0.496 e. The average Bonchev–Trinajstić information content (AvgIpc) is 2.48. The van der Waals surface area contributed by atoms with Gasteiger partial charge in [-0.15, -0.1) is 0 Å². The number of carbonyl (C=O) groups excluding carboxylic acids is 1. The van der Waals surface area contributed by atoms with Crippen molar-refractivity contribution >= 4 is 17.7 Å². The molecule has 0 spiro atoms. The van der Waals surface area contributed by atoms with E-state index in [0.717, 1.165) is 0 Å². The van der Waals surface area contributed by atoms with Crippen molar-refractivity contribution < 1.29 is 13.9 Å². The van der Waals surface area contributed by atoms with Crippen LogP contribution in [-0.4, -0.2) is 12.9 Å². The average molecular weight is 270 g/mol. The van der Waals surface area contributed by atoms with Crippen LogP contribution in [0.25, 0.3) is 11.9 Å². The molecule has 3 heteroatoms. The maximum Gasteiger partial charge on any atom is 0.159 e. The van der Waals surface area contributed by atoms with Gasteiger partial charge in [-0.05, 0) is 19.1 Å². The minimum absolute atomic E-state index is 0.0364. The molecular weight excluding hydrogens is 255 g/mol. The van der Waals surface area contributed by atoms with Crippen LogP contribution in [0.1, 0.15) is 28.4 Å². The molecule has 0 aliphatic rings. The molecule has 0 N–H and O–H groups in total. The van der Waals surface area contributed by atoms with Gasteiger partial charge in [0.1, 0.15) is 11.6 Å². The van der Waals surface area contributed by atoms with Crippen LogP contribution in [0.4, 0.5) is 4.39 Å². The van der Waals surface area contributed by atoms with Crippen LogP contribution < -0.4 is 4.74 Å². The molecule has 2 aromatic carbocycles. The number of ketones is 1. The van der Waals surface area contributed by atoms with Crippen molar-refractivity contribution in [3.63, 3.8) is 0 Å². The number of halogens is 1. The molecule has 2 rings (SSSR count). The second-order valence-corrected chi connectivity index (χ2v) is 4.37. The Kier molecular flexibility index (Phi) is 4.31. The zero-order chi connectivity index (χ0) is 14.5. The molecule has 0 radical (unpaired) electrons. The molecule has 0 aliphatic carbocycles. The van der Waals surface area contributed by atoms with Crippen LogP contribution in [0.2, 0.25) is 0 Å². The summed E-state index contributed by atoms with van der Waals surface area (Å²) in [4.78, 5) is 11.2. The molecule has 0 aliphatic heterocycles. The number of rotatable bonds is 4. The van der Waals surface area contributed by atoms with Gasteiger partial charge < -0.3 is 4.74 Å². The standard InChI is InChI=1S/C17H15FO2/c1-12(19)13-7-9-14(10-8-13)16(18)11-15-5-3-4-6-17(15)20-2/h3-11H,1-2H3/b16-11+. The third-order valence-electron chi connectivity index (χ3n) is 2.99. The fourth-order valence-electron chi connectivity index (χ4n) is 1.87. The zero-order valence-corrected chi connectivity index (χ0v) is 11.4. The summed E-state index contributed by atoms with van der Waals surface area (Å²) < 4.78 is 19.4. The van der Waals surface area contributed by atoms with E-state index in [9.17, 15) is 9.18 Å². The van der Waals surface area contributed by atoms with Crippen molar-refractivity contribution in [1.82, 2.24) is 0 Å². The lowest BCUT2D eigenvalue weighted by Crippen LogP contribution is -1.91. The van der Waals surface area contributed by atoms with E-state index < -0.39 is 0 Å². The van der Waals surface area contributed by atoms with Gasteiger partial charge in [0.25, 0.3) is 0 Å². The summed E-state index contributed by atoms with van der Waals surface area (Å²) in [6, 6.07) is 13.6. The molecule has 0 heterocycles. The highest BCUT2D eigenvalue weighted by Crippen LogP contribution is 2.25. The second kappa shape index (κ2) is 6.15. The summed E-state index contributed by atoms with van der Waals surface area (Å²) in [5, 5.41) is 0. The Bertz CT molecular complexity index is 642. The Balaban J connectivity index is 2.32. The summed E-state index contributed by atoms with van der Waals surface area (Å²) in [7, 11) is 1.55. The van der Waals surface area contributed by atoms with E-state index in [-0.39, 0.29) is 11.6 Å². The Labute approximate surface area is 117 Å². The maximum absolute atomic E-state index is 14.2. The van der Waals surface area contributed by atoms with E-state index in [1.807, 2.05) is 12.1 Å². The minimum Gasteiger partial charge on any atom is -0.496 e. The van der Waals surface area contributed by atoms with E-state index in [4.69, 9.17) is 4.74 Å². The smallest absolute Gasteiger partial charge is 0.159 e. The fraction of sp³-hybridized carbons (Fsp3) is 0.118. The van der Waals surface area contributed by atoms with Crippen LogP contribution >= 0.6 is 0 Å². The molecule has 0 saturated heterocycles. The SMILES string of the molecule is COc1ccccc1/C=C(/F)c1ccc(C(C)=O)cc1. The Morgan fingerprint density at radius 2 is 1.65 bits per heavy atom. The molecule has 102 valence electrons. The highest BCUT2D eigenvalue weighted by molar-refractivity contribution is 5.94. The predicted octanol–water partition coefficient (Wildman–Crippen LogP) is 4.37. The van der Waals surface area contributed by atoms with Crippen molar-refractivity contribution in [1.29, 1.82) is 0 Å². The molecule has 0 unspecified atom stereocenters.